The first kappa shape index (κ1) is 16.8. The molecule has 0 unspecified atom stereocenters. The highest BCUT2D eigenvalue weighted by Crippen LogP contribution is 2.30. The Bertz CT molecular complexity index is 579. The van der Waals surface area contributed by atoms with Crippen LogP contribution in [0.5, 0.6) is 0 Å². The molecule has 0 radical (unpaired) electrons. The number of ether oxygens (including phenoxy) is 1. The normalized spacial score (nSPS) is 11.0. The van der Waals surface area contributed by atoms with Crippen LogP contribution in [0.1, 0.15) is 11.4 Å². The summed E-state index contributed by atoms with van der Waals surface area (Å²) < 4.78 is 5.87. The van der Waals surface area contributed by atoms with Gasteiger partial charge in [0.15, 0.2) is 0 Å². The fourth-order valence-corrected chi connectivity index (χ4v) is 3.07. The number of nitrogens with zero attached hydrogens (tertiary/aromatic N) is 2. The molecule has 0 saturated heterocycles. The number of hydrogen-bond donors (Lipinski definition) is 1. The molecule has 0 aliphatic heterocycles. The van der Waals surface area contributed by atoms with E-state index in [4.69, 9.17) is 16.3 Å². The first-order chi connectivity index (χ1) is 10.2. The highest BCUT2D eigenvalue weighted by atomic mass is 79.9. The molecule has 2 aromatic rings. The van der Waals surface area contributed by atoms with Crippen LogP contribution in [0.25, 0.3) is 10.6 Å². The Balaban J connectivity index is 1.85. The molecule has 0 saturated carbocycles. The lowest BCUT2D eigenvalue weighted by Gasteiger charge is -2.01. The van der Waals surface area contributed by atoms with Crippen molar-refractivity contribution in [2.24, 2.45) is 0 Å². The maximum atomic E-state index is 6.11. The second-order valence-electron chi connectivity index (χ2n) is 4.48. The summed E-state index contributed by atoms with van der Waals surface area (Å²) in [5.74, 6) is 0. The maximum absolute atomic E-state index is 6.11. The van der Waals surface area contributed by atoms with Crippen LogP contribution >= 0.6 is 38.9 Å². The molecule has 0 aliphatic rings. The van der Waals surface area contributed by atoms with Crippen molar-refractivity contribution in [1.82, 2.24) is 15.5 Å². The van der Waals surface area contributed by atoms with Gasteiger partial charge in [0.2, 0.25) is 0 Å². The summed E-state index contributed by atoms with van der Waals surface area (Å²) in [6.07, 6.45) is 1.97. The number of aryl methyl sites for hydroxylation is 1. The first-order valence-electron chi connectivity index (χ1n) is 6.68. The molecule has 21 heavy (non-hydrogen) atoms. The predicted molar refractivity (Wildman–Crippen MR) is 91.1 cm³/mol. The molecule has 0 fully saturated rings. The Hall–Kier alpha value is -0.530. The largest absolute Gasteiger partial charge is 0.383 e. The predicted octanol–water partition coefficient (Wildman–Crippen LogP) is 3.79. The Labute approximate surface area is 142 Å². The number of aromatic nitrogens is 2. The molecule has 0 atom stereocenters. The molecule has 1 aromatic carbocycles. The van der Waals surface area contributed by atoms with E-state index < -0.39 is 0 Å². The number of nitrogens with one attached hydrogen (secondary N) is 1. The average molecular weight is 391 g/mol. The molecule has 114 valence electrons. The van der Waals surface area contributed by atoms with E-state index in [1.165, 1.54) is 0 Å². The second-order valence-corrected chi connectivity index (χ2v) is 6.80. The van der Waals surface area contributed by atoms with E-state index in [0.29, 0.717) is 5.02 Å². The lowest BCUT2D eigenvalue weighted by Crippen LogP contribution is -2.20. The zero-order valence-corrected chi connectivity index (χ0v) is 14.9. The fraction of sp³-hybridized carbons (Fsp3) is 0.429. The van der Waals surface area contributed by atoms with Gasteiger partial charge < -0.3 is 10.1 Å². The van der Waals surface area contributed by atoms with Gasteiger partial charge in [-0.3, -0.25) is 0 Å². The zero-order valence-electron chi connectivity index (χ0n) is 11.7. The van der Waals surface area contributed by atoms with Gasteiger partial charge in [0.05, 0.1) is 11.6 Å². The van der Waals surface area contributed by atoms with Crippen LogP contribution in [-0.4, -0.2) is 37.0 Å². The van der Waals surface area contributed by atoms with Crippen molar-refractivity contribution in [3.8, 4) is 10.6 Å². The van der Waals surface area contributed by atoms with Gasteiger partial charge in [0.25, 0.3) is 0 Å². The smallest absolute Gasteiger partial charge is 0.147 e. The van der Waals surface area contributed by atoms with E-state index in [1.807, 2.05) is 18.2 Å². The van der Waals surface area contributed by atoms with Crippen LogP contribution in [0.15, 0.2) is 22.7 Å². The number of methoxy groups -OCH3 is 1. The second kappa shape index (κ2) is 8.80. The zero-order chi connectivity index (χ0) is 15.1. The van der Waals surface area contributed by atoms with Crippen molar-refractivity contribution in [3.63, 3.8) is 0 Å². The summed E-state index contributed by atoms with van der Waals surface area (Å²) >= 11 is 11.1. The summed E-state index contributed by atoms with van der Waals surface area (Å²) in [6, 6.07) is 5.83. The molecule has 0 bridgehead atoms. The number of benzene rings is 1. The molecule has 0 amide bonds. The van der Waals surface area contributed by atoms with Gasteiger partial charge in [0.1, 0.15) is 10.0 Å². The van der Waals surface area contributed by atoms with Crippen LogP contribution in [0.4, 0.5) is 0 Å². The molecule has 0 spiro atoms. The lowest BCUT2D eigenvalue weighted by atomic mass is 10.2. The third kappa shape index (κ3) is 5.30. The van der Waals surface area contributed by atoms with Crippen LogP contribution in [0.2, 0.25) is 5.02 Å². The summed E-state index contributed by atoms with van der Waals surface area (Å²) in [4.78, 5) is 0. The SMILES string of the molecule is COCCNCCCc1nnc(-c2ccc(Br)c(Cl)c2)s1. The summed E-state index contributed by atoms with van der Waals surface area (Å²) in [5.41, 5.74) is 1.00. The van der Waals surface area contributed by atoms with Crippen LogP contribution < -0.4 is 5.32 Å². The van der Waals surface area contributed by atoms with Crippen molar-refractivity contribution in [3.05, 3.63) is 32.7 Å². The molecular formula is C14H17BrClN3OS. The van der Waals surface area contributed by atoms with Crippen LogP contribution in [0, 0.1) is 0 Å². The third-order valence-electron chi connectivity index (χ3n) is 2.86. The summed E-state index contributed by atoms with van der Waals surface area (Å²) in [7, 11) is 1.71. The van der Waals surface area contributed by atoms with Gasteiger partial charge in [-0.2, -0.15) is 0 Å². The van der Waals surface area contributed by atoms with E-state index in [-0.39, 0.29) is 0 Å². The van der Waals surface area contributed by atoms with E-state index in [2.05, 4.69) is 31.4 Å². The van der Waals surface area contributed by atoms with Crippen LogP contribution in [0.3, 0.4) is 0 Å². The quantitative estimate of drug-likeness (QED) is 0.697. The number of hydrogen-bond acceptors (Lipinski definition) is 5. The van der Waals surface area contributed by atoms with E-state index in [0.717, 1.165) is 52.6 Å². The minimum Gasteiger partial charge on any atom is -0.383 e. The van der Waals surface area contributed by atoms with Crippen molar-refractivity contribution in [2.45, 2.75) is 12.8 Å². The highest BCUT2D eigenvalue weighted by molar-refractivity contribution is 9.10. The Morgan fingerprint density at radius 3 is 2.95 bits per heavy atom. The summed E-state index contributed by atoms with van der Waals surface area (Å²) in [5, 5.41) is 14.4. The minimum absolute atomic E-state index is 0.687. The van der Waals surface area contributed by atoms with E-state index >= 15 is 0 Å². The standard InChI is InChI=1S/C14H17BrClN3OS/c1-20-8-7-17-6-2-3-13-18-19-14(21-13)10-4-5-11(15)12(16)9-10/h4-5,9,17H,2-3,6-8H2,1H3. The lowest BCUT2D eigenvalue weighted by molar-refractivity contribution is 0.199. The topological polar surface area (TPSA) is 47.0 Å². The summed E-state index contributed by atoms with van der Waals surface area (Å²) in [6.45, 7) is 2.59. The van der Waals surface area contributed by atoms with Gasteiger partial charge in [-0.05, 0) is 41.0 Å². The third-order valence-corrected chi connectivity index (χ3v) is 5.13. The molecular weight excluding hydrogens is 374 g/mol. The molecule has 7 heteroatoms. The Kier molecular flexibility index (Phi) is 7.06. The van der Waals surface area contributed by atoms with Gasteiger partial charge in [-0.15, -0.1) is 10.2 Å². The van der Waals surface area contributed by atoms with Gasteiger partial charge in [-0.25, -0.2) is 0 Å². The molecule has 1 N–H and O–H groups in total. The van der Waals surface area contributed by atoms with E-state index in [1.54, 1.807) is 18.4 Å². The molecule has 2 rings (SSSR count). The van der Waals surface area contributed by atoms with Gasteiger partial charge in [-0.1, -0.05) is 29.0 Å². The average Bonchev–Trinajstić information content (AvgIpc) is 2.94. The highest BCUT2D eigenvalue weighted by Gasteiger charge is 2.08. The van der Waals surface area contributed by atoms with Gasteiger partial charge >= 0.3 is 0 Å². The minimum atomic E-state index is 0.687. The first-order valence-corrected chi connectivity index (χ1v) is 8.67. The maximum Gasteiger partial charge on any atom is 0.147 e. The van der Waals surface area contributed by atoms with Crippen molar-refractivity contribution < 1.29 is 4.74 Å². The van der Waals surface area contributed by atoms with Gasteiger partial charge in [0, 0.05) is 30.1 Å². The number of rotatable bonds is 8. The number of halogens is 2. The molecule has 4 nitrogen and oxygen atoms in total. The molecule has 1 aromatic heterocycles. The molecule has 0 aliphatic carbocycles. The fourth-order valence-electron chi connectivity index (χ4n) is 1.76. The monoisotopic (exact) mass is 389 g/mol. The van der Waals surface area contributed by atoms with E-state index in [9.17, 15) is 0 Å². The Morgan fingerprint density at radius 1 is 1.33 bits per heavy atom. The van der Waals surface area contributed by atoms with Crippen molar-refractivity contribution >= 4 is 38.9 Å². The van der Waals surface area contributed by atoms with Crippen molar-refractivity contribution in [1.29, 1.82) is 0 Å². The van der Waals surface area contributed by atoms with Crippen LogP contribution in [-0.2, 0) is 11.2 Å². The molecule has 1 heterocycles. The Morgan fingerprint density at radius 2 is 2.19 bits per heavy atom. The van der Waals surface area contributed by atoms with Crippen molar-refractivity contribution in [2.75, 3.05) is 26.8 Å².